The molecule has 1 aromatic rings. The lowest BCUT2D eigenvalue weighted by molar-refractivity contribution is -0.137. The lowest BCUT2D eigenvalue weighted by Crippen LogP contribution is -2.35. The molecule has 1 fully saturated rings. The van der Waals surface area contributed by atoms with Gasteiger partial charge in [0.25, 0.3) is 0 Å². The molecule has 20 heavy (non-hydrogen) atoms. The van der Waals surface area contributed by atoms with Crippen LogP contribution in [0.5, 0.6) is 0 Å². The molecule has 2 N–H and O–H groups in total. The highest BCUT2D eigenvalue weighted by molar-refractivity contribution is 5.86. The van der Waals surface area contributed by atoms with Gasteiger partial charge in [-0.25, -0.2) is 4.98 Å². The molecule has 0 saturated carbocycles. The smallest absolute Gasteiger partial charge is 0.367 e. The number of nitrogens with one attached hydrogen (secondary N) is 2. The molecule has 0 atom stereocenters. The van der Waals surface area contributed by atoms with Crippen LogP contribution in [-0.4, -0.2) is 24.1 Å². The largest absolute Gasteiger partial charge is 0.417 e. The Morgan fingerprint density at radius 3 is 2.15 bits per heavy atom. The van der Waals surface area contributed by atoms with Crippen LogP contribution in [0.3, 0.4) is 0 Å². The van der Waals surface area contributed by atoms with Gasteiger partial charge in [-0.05, 0) is 38.1 Å². The Balaban J connectivity index is 0. The van der Waals surface area contributed by atoms with E-state index in [2.05, 4.69) is 15.6 Å². The van der Waals surface area contributed by atoms with Crippen molar-refractivity contribution in [3.05, 3.63) is 23.9 Å². The summed E-state index contributed by atoms with van der Waals surface area (Å²) in [5.41, 5.74) is -0.714. The molecule has 1 aromatic heterocycles. The number of rotatable bonds is 2. The number of halogens is 6. The van der Waals surface area contributed by atoms with Crippen LogP contribution in [0.25, 0.3) is 0 Å². The Morgan fingerprint density at radius 1 is 1.10 bits per heavy atom. The highest BCUT2D eigenvalue weighted by Crippen LogP contribution is 2.29. The molecule has 1 aliphatic heterocycles. The van der Waals surface area contributed by atoms with E-state index in [0.29, 0.717) is 11.9 Å². The van der Waals surface area contributed by atoms with Crippen molar-refractivity contribution in [1.29, 1.82) is 0 Å². The fraction of sp³-hybridized carbons (Fsp3) is 0.545. The van der Waals surface area contributed by atoms with E-state index in [1.54, 1.807) is 0 Å². The van der Waals surface area contributed by atoms with Gasteiger partial charge in [-0.2, -0.15) is 13.2 Å². The SMILES string of the molecule is Cl.Cl.Cl.FC(F)(F)c1ccc(NC2CCNCC2)nc1. The van der Waals surface area contributed by atoms with Crippen LogP contribution in [0.15, 0.2) is 18.3 Å². The molecule has 0 radical (unpaired) electrons. The predicted molar refractivity (Wildman–Crippen MR) is 80.5 cm³/mol. The van der Waals surface area contributed by atoms with Crippen LogP contribution in [0.2, 0.25) is 0 Å². The van der Waals surface area contributed by atoms with E-state index in [4.69, 9.17) is 0 Å². The van der Waals surface area contributed by atoms with Crippen molar-refractivity contribution in [3.8, 4) is 0 Å². The Kier molecular flexibility index (Phi) is 10.4. The maximum Gasteiger partial charge on any atom is 0.417 e. The zero-order chi connectivity index (χ0) is 12.3. The molecule has 0 aromatic carbocycles. The van der Waals surface area contributed by atoms with Crippen molar-refractivity contribution in [1.82, 2.24) is 10.3 Å². The zero-order valence-corrected chi connectivity index (χ0v) is 12.9. The number of piperidine rings is 1. The number of anilines is 1. The molecule has 0 amide bonds. The summed E-state index contributed by atoms with van der Waals surface area (Å²) in [5, 5.41) is 6.36. The summed E-state index contributed by atoms with van der Waals surface area (Å²) in [5.74, 6) is 0.505. The van der Waals surface area contributed by atoms with Crippen molar-refractivity contribution in [3.63, 3.8) is 0 Å². The second-order valence-electron chi connectivity index (χ2n) is 4.10. The van der Waals surface area contributed by atoms with E-state index in [1.165, 1.54) is 6.07 Å². The summed E-state index contributed by atoms with van der Waals surface area (Å²) in [6.45, 7) is 1.86. The van der Waals surface area contributed by atoms with Gasteiger partial charge in [0.2, 0.25) is 0 Å². The van der Waals surface area contributed by atoms with Crippen molar-refractivity contribution >= 4 is 43.0 Å². The molecule has 9 heteroatoms. The summed E-state index contributed by atoms with van der Waals surface area (Å²) in [7, 11) is 0. The van der Waals surface area contributed by atoms with Crippen LogP contribution < -0.4 is 10.6 Å². The molecule has 3 nitrogen and oxygen atoms in total. The quantitative estimate of drug-likeness (QED) is 0.853. The van der Waals surface area contributed by atoms with Crippen LogP contribution in [0, 0.1) is 0 Å². The summed E-state index contributed by atoms with van der Waals surface area (Å²) >= 11 is 0. The maximum atomic E-state index is 12.3. The first kappa shape index (κ1) is 21.9. The van der Waals surface area contributed by atoms with Gasteiger partial charge in [-0.1, -0.05) is 0 Å². The first-order valence-corrected chi connectivity index (χ1v) is 5.56. The van der Waals surface area contributed by atoms with E-state index in [-0.39, 0.29) is 37.2 Å². The summed E-state index contributed by atoms with van der Waals surface area (Å²) in [6, 6.07) is 2.72. The predicted octanol–water partition coefficient (Wildman–Crippen LogP) is 3.53. The van der Waals surface area contributed by atoms with Gasteiger partial charge >= 0.3 is 6.18 Å². The normalized spacial score (nSPS) is 15.3. The van der Waals surface area contributed by atoms with Crippen LogP contribution in [0.4, 0.5) is 19.0 Å². The second kappa shape index (κ2) is 9.50. The Hall–Kier alpha value is -0.430. The number of pyridine rings is 1. The molecular weight excluding hydrogens is 337 g/mol. The minimum absolute atomic E-state index is 0. The van der Waals surface area contributed by atoms with Crippen molar-refractivity contribution in [2.45, 2.75) is 25.1 Å². The fourth-order valence-electron chi connectivity index (χ4n) is 1.82. The minimum Gasteiger partial charge on any atom is -0.367 e. The van der Waals surface area contributed by atoms with Crippen LogP contribution in [-0.2, 0) is 6.18 Å². The third-order valence-electron chi connectivity index (χ3n) is 2.78. The van der Waals surface area contributed by atoms with E-state index >= 15 is 0 Å². The molecule has 1 saturated heterocycles. The first-order chi connectivity index (χ1) is 8.05. The summed E-state index contributed by atoms with van der Waals surface area (Å²) in [4.78, 5) is 3.79. The van der Waals surface area contributed by atoms with Crippen LogP contribution in [0.1, 0.15) is 18.4 Å². The van der Waals surface area contributed by atoms with Crippen molar-refractivity contribution in [2.24, 2.45) is 0 Å². The molecule has 2 rings (SSSR count). The average molecular weight is 355 g/mol. The highest BCUT2D eigenvalue weighted by Gasteiger charge is 2.30. The Bertz CT molecular complexity index is 367. The van der Waals surface area contributed by atoms with Gasteiger partial charge in [0, 0.05) is 12.2 Å². The number of hydrogen-bond acceptors (Lipinski definition) is 3. The minimum atomic E-state index is -4.32. The summed E-state index contributed by atoms with van der Waals surface area (Å²) in [6.07, 6.45) is -1.53. The highest BCUT2D eigenvalue weighted by atomic mass is 35.5. The van der Waals surface area contributed by atoms with E-state index in [0.717, 1.165) is 38.2 Å². The van der Waals surface area contributed by atoms with Gasteiger partial charge in [-0.15, -0.1) is 37.2 Å². The molecule has 0 bridgehead atoms. The van der Waals surface area contributed by atoms with Gasteiger partial charge in [-0.3, -0.25) is 0 Å². The molecule has 0 spiro atoms. The van der Waals surface area contributed by atoms with Gasteiger partial charge in [0.15, 0.2) is 0 Å². The zero-order valence-electron chi connectivity index (χ0n) is 10.4. The molecule has 1 aliphatic rings. The van der Waals surface area contributed by atoms with Gasteiger partial charge in [0.05, 0.1) is 5.56 Å². The summed E-state index contributed by atoms with van der Waals surface area (Å²) < 4.78 is 36.9. The average Bonchev–Trinajstić information content (AvgIpc) is 2.30. The first-order valence-electron chi connectivity index (χ1n) is 5.56. The van der Waals surface area contributed by atoms with Crippen molar-refractivity contribution in [2.75, 3.05) is 18.4 Å². The lowest BCUT2D eigenvalue weighted by atomic mass is 10.1. The fourth-order valence-corrected chi connectivity index (χ4v) is 1.82. The molecule has 0 aliphatic carbocycles. The monoisotopic (exact) mass is 353 g/mol. The number of hydrogen-bond donors (Lipinski definition) is 2. The Morgan fingerprint density at radius 2 is 1.70 bits per heavy atom. The molecular formula is C11H17Cl3F3N3. The van der Waals surface area contributed by atoms with E-state index in [9.17, 15) is 13.2 Å². The second-order valence-corrected chi connectivity index (χ2v) is 4.10. The standard InChI is InChI=1S/C11H14F3N3.3ClH/c12-11(13,14)8-1-2-10(16-7-8)17-9-3-5-15-6-4-9;;;/h1-2,7,9,15H,3-6H2,(H,16,17);3*1H. The lowest BCUT2D eigenvalue weighted by Gasteiger charge is -2.24. The third kappa shape index (κ3) is 6.35. The number of nitrogens with zero attached hydrogens (tertiary/aromatic N) is 1. The third-order valence-corrected chi connectivity index (χ3v) is 2.78. The Labute approximate surface area is 134 Å². The van der Waals surface area contributed by atoms with E-state index < -0.39 is 11.7 Å². The topological polar surface area (TPSA) is 37.0 Å². The number of alkyl halides is 3. The van der Waals surface area contributed by atoms with Crippen molar-refractivity contribution < 1.29 is 13.2 Å². The van der Waals surface area contributed by atoms with Gasteiger partial charge in [0.1, 0.15) is 5.82 Å². The number of aromatic nitrogens is 1. The molecule has 0 unspecified atom stereocenters. The maximum absolute atomic E-state index is 12.3. The van der Waals surface area contributed by atoms with E-state index in [1.807, 2.05) is 0 Å². The van der Waals surface area contributed by atoms with Crippen LogP contribution >= 0.6 is 37.2 Å². The molecule has 2 heterocycles. The molecule has 118 valence electrons. The van der Waals surface area contributed by atoms with Gasteiger partial charge < -0.3 is 10.6 Å².